The van der Waals surface area contributed by atoms with E-state index in [1.165, 1.54) is 11.3 Å². The lowest BCUT2D eigenvalue weighted by Gasteiger charge is -2.04. The van der Waals surface area contributed by atoms with E-state index < -0.39 is 0 Å². The predicted molar refractivity (Wildman–Crippen MR) is 75.5 cm³/mol. The summed E-state index contributed by atoms with van der Waals surface area (Å²) in [6, 6.07) is 2.04. The van der Waals surface area contributed by atoms with Gasteiger partial charge in [-0.1, -0.05) is 0 Å². The Morgan fingerprint density at radius 2 is 2.32 bits per heavy atom. The van der Waals surface area contributed by atoms with Crippen LogP contribution in [0.15, 0.2) is 23.3 Å². The Balaban J connectivity index is 2.25. The van der Waals surface area contributed by atoms with E-state index in [2.05, 4.69) is 15.2 Å². The number of aromatic nitrogens is 3. The van der Waals surface area contributed by atoms with Gasteiger partial charge in [-0.3, -0.25) is 9.89 Å². The molecule has 0 aliphatic heterocycles. The van der Waals surface area contributed by atoms with E-state index in [4.69, 9.17) is 4.74 Å². The van der Waals surface area contributed by atoms with E-state index in [0.717, 1.165) is 31.8 Å². The molecule has 0 aromatic carbocycles. The molecule has 6 heteroatoms. The summed E-state index contributed by atoms with van der Waals surface area (Å²) in [6.45, 7) is 2.41. The third-order valence-corrected chi connectivity index (χ3v) is 4.31. The van der Waals surface area contributed by atoms with Gasteiger partial charge >= 0.3 is 0 Å². The van der Waals surface area contributed by atoms with Crippen molar-refractivity contribution in [2.24, 2.45) is 0 Å². The molecule has 0 unspecified atom stereocenters. The zero-order valence-electron chi connectivity index (χ0n) is 10.6. The monoisotopic (exact) mass is 275 g/mol. The number of nitrogens with zero attached hydrogens (tertiary/aromatic N) is 1. The van der Waals surface area contributed by atoms with Gasteiger partial charge in [0.15, 0.2) is 0 Å². The molecule has 0 aliphatic carbocycles. The Bertz CT molecular complexity index is 771. The number of H-pyrrole nitrogens is 2. The predicted octanol–water partition coefficient (Wildman–Crippen LogP) is 2.43. The van der Waals surface area contributed by atoms with Gasteiger partial charge in [0.2, 0.25) is 0 Å². The van der Waals surface area contributed by atoms with E-state index in [9.17, 15) is 4.79 Å². The molecule has 3 heterocycles. The molecule has 0 saturated heterocycles. The van der Waals surface area contributed by atoms with Gasteiger partial charge in [0.25, 0.3) is 5.56 Å². The highest BCUT2D eigenvalue weighted by Crippen LogP contribution is 2.33. The minimum atomic E-state index is -0.0626. The van der Waals surface area contributed by atoms with Crippen LogP contribution in [0.4, 0.5) is 0 Å². The molecule has 0 bridgehead atoms. The number of hydrogen-bond acceptors (Lipinski definition) is 4. The first-order valence-corrected chi connectivity index (χ1v) is 6.65. The van der Waals surface area contributed by atoms with E-state index in [0.29, 0.717) is 6.61 Å². The Kier molecular flexibility index (Phi) is 2.96. The number of fused-ring (bicyclic) bond motifs is 1. The maximum absolute atomic E-state index is 12.1. The van der Waals surface area contributed by atoms with Crippen LogP contribution in [0.3, 0.4) is 0 Å². The molecule has 0 atom stereocenters. The maximum atomic E-state index is 12.1. The lowest BCUT2D eigenvalue weighted by molar-refractivity contribution is 0.181. The number of methoxy groups -OCH3 is 1. The van der Waals surface area contributed by atoms with Crippen LogP contribution in [-0.2, 0) is 11.3 Å². The molecule has 0 amide bonds. The SMILES string of the molecule is COCc1[nH]c(=O)c2sc(-c3cn[nH]c3)cc2c1C. The van der Waals surface area contributed by atoms with Crippen LogP contribution in [0.25, 0.3) is 20.5 Å². The van der Waals surface area contributed by atoms with Crippen molar-refractivity contribution in [3.63, 3.8) is 0 Å². The highest BCUT2D eigenvalue weighted by molar-refractivity contribution is 7.22. The van der Waals surface area contributed by atoms with Crippen LogP contribution in [0.2, 0.25) is 0 Å². The highest BCUT2D eigenvalue weighted by atomic mass is 32.1. The summed E-state index contributed by atoms with van der Waals surface area (Å²) in [5.41, 5.74) is 2.82. The Morgan fingerprint density at radius 3 is 3.00 bits per heavy atom. The van der Waals surface area contributed by atoms with Crippen LogP contribution >= 0.6 is 11.3 Å². The minimum Gasteiger partial charge on any atom is -0.378 e. The normalized spacial score (nSPS) is 11.3. The molecule has 3 rings (SSSR count). The van der Waals surface area contributed by atoms with Gasteiger partial charge in [-0.05, 0) is 18.6 Å². The van der Waals surface area contributed by atoms with Crippen molar-refractivity contribution in [3.8, 4) is 10.4 Å². The molecule has 5 nitrogen and oxygen atoms in total. The topological polar surface area (TPSA) is 70.8 Å². The summed E-state index contributed by atoms with van der Waals surface area (Å²) in [5, 5.41) is 7.70. The van der Waals surface area contributed by atoms with Crippen molar-refractivity contribution in [1.29, 1.82) is 0 Å². The van der Waals surface area contributed by atoms with Crippen molar-refractivity contribution in [1.82, 2.24) is 15.2 Å². The molecule has 0 aliphatic rings. The second kappa shape index (κ2) is 4.64. The van der Waals surface area contributed by atoms with Crippen molar-refractivity contribution in [2.75, 3.05) is 7.11 Å². The summed E-state index contributed by atoms with van der Waals surface area (Å²) < 4.78 is 5.85. The second-order valence-electron chi connectivity index (χ2n) is 4.33. The van der Waals surface area contributed by atoms with Crippen molar-refractivity contribution >= 4 is 21.4 Å². The molecule has 19 heavy (non-hydrogen) atoms. The third kappa shape index (κ3) is 1.98. The Labute approximate surface area is 113 Å². The zero-order chi connectivity index (χ0) is 13.4. The number of rotatable bonds is 3. The Hall–Kier alpha value is -1.92. The fourth-order valence-electron chi connectivity index (χ4n) is 2.10. The molecular weight excluding hydrogens is 262 g/mol. The molecule has 0 radical (unpaired) electrons. The molecular formula is C13H13N3O2S. The third-order valence-electron chi connectivity index (χ3n) is 3.13. The highest BCUT2D eigenvalue weighted by Gasteiger charge is 2.13. The average molecular weight is 275 g/mol. The largest absolute Gasteiger partial charge is 0.378 e. The van der Waals surface area contributed by atoms with Crippen LogP contribution in [0.5, 0.6) is 0 Å². The first-order valence-electron chi connectivity index (χ1n) is 5.84. The molecule has 3 aromatic rings. The summed E-state index contributed by atoms with van der Waals surface area (Å²) in [4.78, 5) is 16.0. The molecule has 0 fully saturated rings. The molecule has 3 aromatic heterocycles. The van der Waals surface area contributed by atoms with Gasteiger partial charge in [0.05, 0.1) is 12.8 Å². The summed E-state index contributed by atoms with van der Waals surface area (Å²) >= 11 is 1.48. The van der Waals surface area contributed by atoms with Crippen molar-refractivity contribution < 1.29 is 4.74 Å². The van der Waals surface area contributed by atoms with Gasteiger partial charge in [-0.2, -0.15) is 5.10 Å². The number of hydrogen-bond donors (Lipinski definition) is 2. The molecule has 2 N–H and O–H groups in total. The lowest BCUT2D eigenvalue weighted by Crippen LogP contribution is -2.10. The van der Waals surface area contributed by atoms with Crippen LogP contribution in [0, 0.1) is 6.92 Å². The molecule has 0 spiro atoms. The van der Waals surface area contributed by atoms with Crippen molar-refractivity contribution in [3.05, 3.63) is 40.1 Å². The van der Waals surface area contributed by atoms with E-state index in [1.54, 1.807) is 13.3 Å². The van der Waals surface area contributed by atoms with Crippen molar-refractivity contribution in [2.45, 2.75) is 13.5 Å². The van der Waals surface area contributed by atoms with Crippen LogP contribution in [-0.4, -0.2) is 22.3 Å². The number of thiophene rings is 1. The Morgan fingerprint density at radius 1 is 1.47 bits per heavy atom. The van der Waals surface area contributed by atoms with E-state index in [-0.39, 0.29) is 5.56 Å². The first-order chi connectivity index (χ1) is 9.20. The van der Waals surface area contributed by atoms with Gasteiger partial charge in [-0.25, -0.2) is 0 Å². The summed E-state index contributed by atoms with van der Waals surface area (Å²) in [5.74, 6) is 0. The number of pyridine rings is 1. The maximum Gasteiger partial charge on any atom is 0.266 e. The number of nitrogens with one attached hydrogen (secondary N) is 2. The van der Waals surface area contributed by atoms with Crippen LogP contribution < -0.4 is 5.56 Å². The minimum absolute atomic E-state index is 0.0626. The van der Waals surface area contributed by atoms with E-state index in [1.807, 2.05) is 19.2 Å². The zero-order valence-corrected chi connectivity index (χ0v) is 11.4. The average Bonchev–Trinajstić information content (AvgIpc) is 3.04. The summed E-state index contributed by atoms with van der Waals surface area (Å²) in [7, 11) is 1.62. The smallest absolute Gasteiger partial charge is 0.266 e. The van der Waals surface area contributed by atoms with Gasteiger partial charge in [-0.15, -0.1) is 11.3 Å². The molecule has 98 valence electrons. The van der Waals surface area contributed by atoms with E-state index >= 15 is 0 Å². The van der Waals surface area contributed by atoms with Crippen LogP contribution in [0.1, 0.15) is 11.3 Å². The second-order valence-corrected chi connectivity index (χ2v) is 5.38. The number of ether oxygens (including phenoxy) is 1. The fourth-order valence-corrected chi connectivity index (χ4v) is 3.20. The lowest BCUT2D eigenvalue weighted by atomic mass is 10.1. The van der Waals surface area contributed by atoms with Gasteiger partial charge in [0.1, 0.15) is 4.70 Å². The standard InChI is InChI=1S/C13H13N3O2S/c1-7-9-3-11(8-4-14-15-5-8)19-12(9)13(17)16-10(7)6-18-2/h3-5H,6H2,1-2H3,(H,14,15)(H,16,17). The quantitative estimate of drug-likeness (QED) is 0.771. The molecule has 0 saturated carbocycles. The number of aromatic amines is 2. The fraction of sp³-hybridized carbons (Fsp3) is 0.231. The van der Waals surface area contributed by atoms with Gasteiger partial charge < -0.3 is 9.72 Å². The van der Waals surface area contributed by atoms with Gasteiger partial charge in [0, 0.05) is 34.8 Å². The summed E-state index contributed by atoms with van der Waals surface area (Å²) in [6.07, 6.45) is 3.58. The number of aryl methyl sites for hydroxylation is 1. The first kappa shape index (κ1) is 12.1.